The Morgan fingerprint density at radius 1 is 0.872 bits per heavy atom. The van der Waals surface area contributed by atoms with Gasteiger partial charge in [0.15, 0.2) is 23.1 Å². The Kier molecular flexibility index (Phi) is 7.49. The number of hydrogen-bond donors (Lipinski definition) is 2. The predicted molar refractivity (Wildman–Crippen MR) is 142 cm³/mol. The van der Waals surface area contributed by atoms with Crippen LogP contribution in [0.3, 0.4) is 0 Å². The Labute approximate surface area is 225 Å². The van der Waals surface area contributed by atoms with E-state index in [1.807, 2.05) is 0 Å². The Balaban J connectivity index is 1.82. The van der Waals surface area contributed by atoms with Crippen LogP contribution in [0, 0.1) is 19.8 Å². The first kappa shape index (κ1) is 27.4. The molecule has 1 unspecified atom stereocenters. The SMILES string of the molecule is COC(=O)CC(C)CCC(=O)c1cccc(O)c1C(=O)c1c(C)c(O)cc2c1C(=O)c1c(C)cccc1C2=O. The van der Waals surface area contributed by atoms with Gasteiger partial charge in [0, 0.05) is 51.8 Å². The molecular formula is C31H28O8. The Morgan fingerprint density at radius 2 is 1.56 bits per heavy atom. The lowest BCUT2D eigenvalue weighted by molar-refractivity contribution is -0.141. The zero-order chi connectivity index (χ0) is 28.6. The van der Waals surface area contributed by atoms with Gasteiger partial charge in [-0.15, -0.1) is 0 Å². The van der Waals surface area contributed by atoms with Gasteiger partial charge in [-0.1, -0.05) is 37.3 Å². The van der Waals surface area contributed by atoms with E-state index in [-0.39, 0.29) is 69.0 Å². The molecule has 0 heterocycles. The molecule has 0 bridgehead atoms. The molecule has 8 heteroatoms. The van der Waals surface area contributed by atoms with Crippen LogP contribution in [-0.4, -0.2) is 46.4 Å². The van der Waals surface area contributed by atoms with Gasteiger partial charge < -0.3 is 14.9 Å². The standard InChI is InChI=1S/C31H28O8/c1-15(13-24(35)39-4)11-12-21(32)18-8-6-10-22(33)27(18)31(38)26-17(3)23(34)14-20-28(26)30(37)25-16(2)7-5-9-19(25)29(20)36/h5-10,14-15,33-34H,11-13H2,1-4H3. The summed E-state index contributed by atoms with van der Waals surface area (Å²) in [7, 11) is 1.28. The summed E-state index contributed by atoms with van der Waals surface area (Å²) in [5, 5.41) is 21.4. The van der Waals surface area contributed by atoms with Crippen molar-refractivity contribution in [3.63, 3.8) is 0 Å². The number of carbonyl (C=O) groups excluding carboxylic acids is 5. The molecule has 1 aliphatic rings. The fraction of sp³-hybridized carbons (Fsp3) is 0.258. The summed E-state index contributed by atoms with van der Waals surface area (Å²) in [6.45, 7) is 4.91. The molecule has 1 aliphatic carbocycles. The van der Waals surface area contributed by atoms with Crippen molar-refractivity contribution in [3.8, 4) is 11.5 Å². The quantitative estimate of drug-likeness (QED) is 0.244. The van der Waals surface area contributed by atoms with E-state index >= 15 is 0 Å². The van der Waals surface area contributed by atoms with Gasteiger partial charge in [0.25, 0.3) is 0 Å². The maximum absolute atomic E-state index is 14.1. The molecule has 0 amide bonds. The Bertz CT molecular complexity index is 1560. The van der Waals surface area contributed by atoms with Crippen molar-refractivity contribution in [1.82, 2.24) is 0 Å². The van der Waals surface area contributed by atoms with Crippen molar-refractivity contribution in [2.24, 2.45) is 5.92 Å². The fourth-order valence-corrected chi connectivity index (χ4v) is 5.01. The van der Waals surface area contributed by atoms with Crippen molar-refractivity contribution in [3.05, 3.63) is 92.5 Å². The number of phenolic OH excluding ortho intramolecular Hbond substituents is 2. The highest BCUT2D eigenvalue weighted by atomic mass is 16.5. The molecule has 8 nitrogen and oxygen atoms in total. The predicted octanol–water partition coefficient (Wildman–Crippen LogP) is 4.88. The number of hydrogen-bond acceptors (Lipinski definition) is 8. The van der Waals surface area contributed by atoms with E-state index in [1.165, 1.54) is 44.4 Å². The minimum absolute atomic E-state index is 0.0109. The molecule has 200 valence electrons. The molecule has 2 N–H and O–H groups in total. The normalized spacial score (nSPS) is 12.9. The van der Waals surface area contributed by atoms with Gasteiger partial charge in [0.1, 0.15) is 11.5 Å². The highest BCUT2D eigenvalue weighted by molar-refractivity contribution is 6.33. The molecule has 3 aromatic carbocycles. The number of Topliss-reactive ketones (excluding diaryl/α,β-unsaturated/α-hetero) is 1. The number of esters is 1. The van der Waals surface area contributed by atoms with Crippen molar-refractivity contribution in [2.75, 3.05) is 7.11 Å². The van der Waals surface area contributed by atoms with E-state index < -0.39 is 34.9 Å². The smallest absolute Gasteiger partial charge is 0.305 e. The van der Waals surface area contributed by atoms with E-state index in [4.69, 9.17) is 0 Å². The summed E-state index contributed by atoms with van der Waals surface area (Å²) in [6, 6.07) is 10.1. The number of phenols is 2. The molecule has 3 aromatic rings. The van der Waals surface area contributed by atoms with Crippen LogP contribution < -0.4 is 0 Å². The molecule has 0 aromatic heterocycles. The largest absolute Gasteiger partial charge is 0.508 e. The molecule has 39 heavy (non-hydrogen) atoms. The molecule has 0 aliphatic heterocycles. The van der Waals surface area contributed by atoms with Crippen molar-refractivity contribution >= 4 is 29.1 Å². The van der Waals surface area contributed by atoms with Crippen LogP contribution >= 0.6 is 0 Å². The van der Waals surface area contributed by atoms with Crippen molar-refractivity contribution in [1.29, 1.82) is 0 Å². The molecule has 0 fully saturated rings. The minimum Gasteiger partial charge on any atom is -0.508 e. The lowest BCUT2D eigenvalue weighted by Gasteiger charge is -2.23. The highest BCUT2D eigenvalue weighted by Gasteiger charge is 2.37. The monoisotopic (exact) mass is 528 g/mol. The van der Waals surface area contributed by atoms with Gasteiger partial charge in [-0.25, -0.2) is 0 Å². The van der Waals surface area contributed by atoms with Gasteiger partial charge >= 0.3 is 5.97 Å². The number of methoxy groups -OCH3 is 1. The Hall–Kier alpha value is -4.59. The number of aryl methyl sites for hydroxylation is 1. The molecule has 0 saturated heterocycles. The summed E-state index contributed by atoms with van der Waals surface area (Å²) >= 11 is 0. The van der Waals surface area contributed by atoms with Gasteiger partial charge in [-0.3, -0.25) is 24.0 Å². The third-order valence-electron chi connectivity index (χ3n) is 7.18. The van der Waals surface area contributed by atoms with E-state index in [2.05, 4.69) is 4.74 Å². The average Bonchev–Trinajstić information content (AvgIpc) is 2.90. The molecule has 4 rings (SSSR count). The summed E-state index contributed by atoms with van der Waals surface area (Å²) in [4.78, 5) is 65.9. The summed E-state index contributed by atoms with van der Waals surface area (Å²) < 4.78 is 4.67. The first-order valence-corrected chi connectivity index (χ1v) is 12.5. The van der Waals surface area contributed by atoms with Crippen LogP contribution in [0.15, 0.2) is 42.5 Å². The summed E-state index contributed by atoms with van der Waals surface area (Å²) in [5.74, 6) is -3.77. The third-order valence-corrected chi connectivity index (χ3v) is 7.18. The van der Waals surface area contributed by atoms with E-state index in [9.17, 15) is 34.2 Å². The maximum Gasteiger partial charge on any atom is 0.305 e. The van der Waals surface area contributed by atoms with Crippen LogP contribution in [-0.2, 0) is 9.53 Å². The fourth-order valence-electron chi connectivity index (χ4n) is 5.01. The second-order valence-corrected chi connectivity index (χ2v) is 9.85. The minimum atomic E-state index is -0.859. The molecule has 0 radical (unpaired) electrons. The summed E-state index contributed by atoms with van der Waals surface area (Å²) in [5.41, 5.74) is 0.0240. The lowest BCUT2D eigenvalue weighted by atomic mass is 9.77. The van der Waals surface area contributed by atoms with Crippen molar-refractivity contribution < 1.29 is 38.9 Å². The van der Waals surface area contributed by atoms with Gasteiger partial charge in [-0.2, -0.15) is 0 Å². The molecule has 0 saturated carbocycles. The average molecular weight is 529 g/mol. The number of ketones is 4. The molecular weight excluding hydrogens is 500 g/mol. The first-order valence-electron chi connectivity index (χ1n) is 12.5. The molecule has 0 spiro atoms. The van der Waals surface area contributed by atoms with E-state index in [0.29, 0.717) is 12.0 Å². The zero-order valence-corrected chi connectivity index (χ0v) is 22.1. The maximum atomic E-state index is 14.1. The van der Waals surface area contributed by atoms with E-state index in [1.54, 1.807) is 26.0 Å². The number of fused-ring (bicyclic) bond motifs is 2. The number of ether oxygens (including phenoxy) is 1. The van der Waals surface area contributed by atoms with Crippen LogP contribution in [0.25, 0.3) is 0 Å². The van der Waals surface area contributed by atoms with Gasteiger partial charge in [0.05, 0.1) is 12.7 Å². The number of rotatable bonds is 8. The number of carbonyl (C=O) groups is 5. The number of aromatic hydroxyl groups is 2. The summed E-state index contributed by atoms with van der Waals surface area (Å²) in [6.07, 6.45) is 0.449. The zero-order valence-electron chi connectivity index (χ0n) is 22.1. The first-order chi connectivity index (χ1) is 18.5. The van der Waals surface area contributed by atoms with Crippen molar-refractivity contribution in [2.45, 2.75) is 40.0 Å². The van der Waals surface area contributed by atoms with Gasteiger partial charge in [-0.05, 0) is 43.9 Å². The highest BCUT2D eigenvalue weighted by Crippen LogP contribution is 2.38. The Morgan fingerprint density at radius 3 is 2.26 bits per heavy atom. The second kappa shape index (κ2) is 10.6. The molecule has 1 atom stereocenters. The van der Waals surface area contributed by atoms with Crippen LogP contribution in [0.1, 0.15) is 95.4 Å². The van der Waals surface area contributed by atoms with Crippen LogP contribution in [0.4, 0.5) is 0 Å². The topological polar surface area (TPSA) is 135 Å². The second-order valence-electron chi connectivity index (χ2n) is 9.85. The van der Waals surface area contributed by atoms with E-state index in [0.717, 1.165) is 0 Å². The van der Waals surface area contributed by atoms with Crippen LogP contribution in [0.2, 0.25) is 0 Å². The number of benzene rings is 3. The third kappa shape index (κ3) is 4.85. The van der Waals surface area contributed by atoms with Crippen LogP contribution in [0.5, 0.6) is 11.5 Å². The lowest BCUT2D eigenvalue weighted by Crippen LogP contribution is -2.26. The van der Waals surface area contributed by atoms with Gasteiger partial charge in [0.2, 0.25) is 0 Å².